The van der Waals surface area contributed by atoms with Gasteiger partial charge in [-0.3, -0.25) is 9.78 Å². The molecule has 1 amide bonds. The standard InChI is InChI=1S/C18H16ClFN4O/c1-9-5-7-21-13-6-8-24(10(2)14(9)13)18(25)17-22-15-11(19)3-4-12(20)16(15)23-17/h3-5,7,10H,6,8H2,1-2H3,(H,22,23)/t10-/m0/s1. The molecule has 0 aliphatic carbocycles. The molecule has 0 spiro atoms. The highest BCUT2D eigenvalue weighted by Crippen LogP contribution is 2.32. The van der Waals surface area contributed by atoms with Crippen molar-refractivity contribution in [1.82, 2.24) is 19.9 Å². The van der Waals surface area contributed by atoms with Gasteiger partial charge in [0.25, 0.3) is 5.91 Å². The molecule has 1 aliphatic heterocycles. The minimum Gasteiger partial charge on any atom is -0.333 e. The van der Waals surface area contributed by atoms with Gasteiger partial charge < -0.3 is 9.88 Å². The quantitative estimate of drug-likeness (QED) is 0.719. The van der Waals surface area contributed by atoms with Crippen LogP contribution in [0.25, 0.3) is 11.0 Å². The smallest absolute Gasteiger partial charge is 0.290 e. The molecule has 1 aliphatic rings. The summed E-state index contributed by atoms with van der Waals surface area (Å²) in [4.78, 5) is 26.1. The summed E-state index contributed by atoms with van der Waals surface area (Å²) in [7, 11) is 0. The first kappa shape index (κ1) is 16.0. The highest BCUT2D eigenvalue weighted by molar-refractivity contribution is 6.35. The van der Waals surface area contributed by atoms with Gasteiger partial charge >= 0.3 is 0 Å². The molecule has 3 heterocycles. The first-order valence-electron chi connectivity index (χ1n) is 8.06. The Labute approximate surface area is 148 Å². The number of imidazole rings is 1. The lowest BCUT2D eigenvalue weighted by molar-refractivity contribution is 0.0664. The number of hydrogen-bond acceptors (Lipinski definition) is 3. The van der Waals surface area contributed by atoms with Crippen LogP contribution in [0.2, 0.25) is 5.02 Å². The van der Waals surface area contributed by atoms with Crippen molar-refractivity contribution in [2.24, 2.45) is 0 Å². The molecule has 0 radical (unpaired) electrons. The van der Waals surface area contributed by atoms with E-state index in [0.29, 0.717) is 23.5 Å². The summed E-state index contributed by atoms with van der Waals surface area (Å²) in [6.45, 7) is 4.53. The molecule has 1 atom stereocenters. The number of halogens is 2. The number of aromatic nitrogens is 3. The second kappa shape index (κ2) is 5.81. The highest BCUT2D eigenvalue weighted by atomic mass is 35.5. The summed E-state index contributed by atoms with van der Waals surface area (Å²) < 4.78 is 13.9. The van der Waals surface area contributed by atoms with Crippen LogP contribution in [-0.4, -0.2) is 32.3 Å². The van der Waals surface area contributed by atoms with Crippen LogP contribution in [0.1, 0.15) is 40.4 Å². The molecule has 0 unspecified atom stereocenters. The summed E-state index contributed by atoms with van der Waals surface area (Å²) in [5, 5.41) is 0.333. The molecule has 2 aromatic heterocycles. The van der Waals surface area contributed by atoms with Gasteiger partial charge in [0.1, 0.15) is 5.52 Å². The van der Waals surface area contributed by atoms with Gasteiger partial charge in [-0.2, -0.15) is 0 Å². The van der Waals surface area contributed by atoms with E-state index in [1.807, 2.05) is 19.9 Å². The first-order valence-corrected chi connectivity index (χ1v) is 8.44. The van der Waals surface area contributed by atoms with Crippen molar-refractivity contribution in [3.8, 4) is 0 Å². The lowest BCUT2D eigenvalue weighted by Gasteiger charge is -2.35. The molecular formula is C18H16ClFN4O. The van der Waals surface area contributed by atoms with Crippen molar-refractivity contribution >= 4 is 28.5 Å². The van der Waals surface area contributed by atoms with Crippen molar-refractivity contribution in [2.45, 2.75) is 26.3 Å². The zero-order chi connectivity index (χ0) is 17.7. The number of H-pyrrole nitrogens is 1. The predicted molar refractivity (Wildman–Crippen MR) is 93.2 cm³/mol. The Bertz CT molecular complexity index is 961. The fourth-order valence-electron chi connectivity index (χ4n) is 3.51. The molecule has 0 saturated carbocycles. The number of benzene rings is 1. The third kappa shape index (κ3) is 2.48. The van der Waals surface area contributed by atoms with Gasteiger partial charge in [0, 0.05) is 24.9 Å². The SMILES string of the molecule is Cc1ccnc2c1[C@H](C)N(C(=O)c1nc3c(F)ccc(Cl)c3[nH]1)CC2. The van der Waals surface area contributed by atoms with Gasteiger partial charge in [0.2, 0.25) is 0 Å². The van der Waals surface area contributed by atoms with E-state index in [9.17, 15) is 9.18 Å². The predicted octanol–water partition coefficient (Wildman–Crippen LogP) is 3.82. The zero-order valence-corrected chi connectivity index (χ0v) is 14.6. The van der Waals surface area contributed by atoms with E-state index in [0.717, 1.165) is 16.8 Å². The number of rotatable bonds is 1. The number of aryl methyl sites for hydroxylation is 1. The van der Waals surface area contributed by atoms with Crippen molar-refractivity contribution in [3.05, 3.63) is 57.9 Å². The topological polar surface area (TPSA) is 61.9 Å². The summed E-state index contributed by atoms with van der Waals surface area (Å²) in [6.07, 6.45) is 2.48. The van der Waals surface area contributed by atoms with Crippen LogP contribution < -0.4 is 0 Å². The number of amides is 1. The van der Waals surface area contributed by atoms with E-state index in [1.54, 1.807) is 11.1 Å². The third-order valence-corrected chi connectivity index (χ3v) is 5.09. The summed E-state index contributed by atoms with van der Waals surface area (Å²) >= 11 is 6.08. The molecule has 0 bridgehead atoms. The molecule has 25 heavy (non-hydrogen) atoms. The van der Waals surface area contributed by atoms with Crippen LogP contribution in [-0.2, 0) is 6.42 Å². The maximum Gasteiger partial charge on any atom is 0.290 e. The fraction of sp³-hybridized carbons (Fsp3) is 0.278. The fourth-order valence-corrected chi connectivity index (χ4v) is 3.71. The molecule has 0 fully saturated rings. The molecule has 7 heteroatoms. The molecule has 1 aromatic carbocycles. The zero-order valence-electron chi connectivity index (χ0n) is 13.8. The van der Waals surface area contributed by atoms with Crippen LogP contribution in [0, 0.1) is 12.7 Å². The maximum atomic E-state index is 13.9. The van der Waals surface area contributed by atoms with Gasteiger partial charge in [-0.15, -0.1) is 0 Å². The Morgan fingerprint density at radius 3 is 2.96 bits per heavy atom. The molecule has 4 rings (SSSR count). The summed E-state index contributed by atoms with van der Waals surface area (Å²) in [5.41, 5.74) is 3.62. The average Bonchev–Trinajstić information content (AvgIpc) is 3.05. The van der Waals surface area contributed by atoms with E-state index < -0.39 is 5.82 Å². The molecule has 128 valence electrons. The number of hydrogen-bond donors (Lipinski definition) is 1. The number of nitrogens with zero attached hydrogens (tertiary/aromatic N) is 3. The van der Waals surface area contributed by atoms with Gasteiger partial charge in [0.05, 0.1) is 16.6 Å². The Kier molecular flexibility index (Phi) is 3.72. The van der Waals surface area contributed by atoms with Crippen molar-refractivity contribution in [1.29, 1.82) is 0 Å². The van der Waals surface area contributed by atoms with Gasteiger partial charge in [-0.1, -0.05) is 11.6 Å². The largest absolute Gasteiger partial charge is 0.333 e. The van der Waals surface area contributed by atoms with E-state index in [4.69, 9.17) is 11.6 Å². The Hall–Kier alpha value is -2.47. The Balaban J connectivity index is 1.74. The van der Waals surface area contributed by atoms with Crippen LogP contribution in [0.3, 0.4) is 0 Å². The van der Waals surface area contributed by atoms with Gasteiger partial charge in [0.15, 0.2) is 11.6 Å². The average molecular weight is 359 g/mol. The highest BCUT2D eigenvalue weighted by Gasteiger charge is 2.31. The van der Waals surface area contributed by atoms with Crippen molar-refractivity contribution in [3.63, 3.8) is 0 Å². The number of nitrogens with one attached hydrogen (secondary N) is 1. The molecular weight excluding hydrogens is 343 g/mol. The van der Waals surface area contributed by atoms with E-state index >= 15 is 0 Å². The van der Waals surface area contributed by atoms with E-state index in [1.165, 1.54) is 12.1 Å². The molecule has 5 nitrogen and oxygen atoms in total. The first-order chi connectivity index (χ1) is 12.0. The van der Waals surface area contributed by atoms with Gasteiger partial charge in [-0.25, -0.2) is 9.37 Å². The minimum absolute atomic E-state index is 0.0822. The number of fused-ring (bicyclic) bond motifs is 2. The second-order valence-electron chi connectivity index (χ2n) is 6.25. The van der Waals surface area contributed by atoms with Crippen molar-refractivity contribution in [2.75, 3.05) is 6.54 Å². The monoisotopic (exact) mass is 358 g/mol. The number of carbonyl (C=O) groups is 1. The Morgan fingerprint density at radius 1 is 1.40 bits per heavy atom. The Morgan fingerprint density at radius 2 is 2.20 bits per heavy atom. The summed E-state index contributed by atoms with van der Waals surface area (Å²) in [5.74, 6) is -0.682. The second-order valence-corrected chi connectivity index (χ2v) is 6.66. The number of aromatic amines is 1. The normalized spacial score (nSPS) is 17.0. The van der Waals surface area contributed by atoms with Gasteiger partial charge in [-0.05, 0) is 43.2 Å². The van der Waals surface area contributed by atoms with Crippen LogP contribution >= 0.6 is 11.6 Å². The van der Waals surface area contributed by atoms with Crippen LogP contribution in [0.4, 0.5) is 4.39 Å². The number of carbonyl (C=O) groups excluding carboxylic acids is 1. The molecule has 1 N–H and O–H groups in total. The lowest BCUT2D eigenvalue weighted by Crippen LogP contribution is -2.40. The van der Waals surface area contributed by atoms with E-state index in [2.05, 4.69) is 15.0 Å². The van der Waals surface area contributed by atoms with Crippen LogP contribution in [0.15, 0.2) is 24.4 Å². The number of pyridine rings is 1. The maximum absolute atomic E-state index is 13.9. The van der Waals surface area contributed by atoms with Crippen molar-refractivity contribution < 1.29 is 9.18 Å². The minimum atomic E-state index is -0.508. The van der Waals surface area contributed by atoms with E-state index in [-0.39, 0.29) is 23.3 Å². The molecule has 0 saturated heterocycles. The van der Waals surface area contributed by atoms with Crippen LogP contribution in [0.5, 0.6) is 0 Å². The summed E-state index contributed by atoms with van der Waals surface area (Å²) in [6, 6.07) is 4.51. The third-order valence-electron chi connectivity index (χ3n) is 4.77. The lowest BCUT2D eigenvalue weighted by atomic mass is 9.94. The molecule has 3 aromatic rings.